The average molecular weight is 285 g/mol. The maximum absolute atomic E-state index is 10.8. The number of hydrogen-bond donors (Lipinski definition) is 1. The maximum atomic E-state index is 10.8. The fourth-order valence-electron chi connectivity index (χ4n) is 1.24. The molecular weight excluding hydrogens is 280 g/mol. The van der Waals surface area contributed by atoms with Gasteiger partial charge in [0.1, 0.15) is 11.6 Å². The van der Waals surface area contributed by atoms with Crippen LogP contribution in [-0.4, -0.2) is 16.0 Å². The third-order valence-electron chi connectivity index (χ3n) is 1.93. The third-order valence-corrected chi connectivity index (χ3v) is 2.53. The Morgan fingerprint density at radius 3 is 2.62 bits per heavy atom. The Morgan fingerprint density at radius 1 is 1.62 bits per heavy atom. The topological polar surface area (TPSA) is 104 Å². The van der Waals surface area contributed by atoms with Gasteiger partial charge in [-0.25, -0.2) is 4.79 Å². The fourth-order valence-corrected chi connectivity index (χ4v) is 1.69. The van der Waals surface area contributed by atoms with Gasteiger partial charge < -0.3 is 5.11 Å². The van der Waals surface area contributed by atoms with Crippen LogP contribution in [0.4, 0.5) is 5.69 Å². The maximum Gasteiger partial charge on any atom is 0.337 e. The first-order valence-corrected chi connectivity index (χ1v) is 5.14. The number of aromatic carboxylic acids is 1. The van der Waals surface area contributed by atoms with Crippen LogP contribution in [0.5, 0.6) is 0 Å². The predicted molar refractivity (Wildman–Crippen MR) is 57.4 cm³/mol. The number of carboxylic acids is 1. The molecule has 16 heavy (non-hydrogen) atoms. The van der Waals surface area contributed by atoms with E-state index in [2.05, 4.69) is 15.9 Å². The highest BCUT2D eigenvalue weighted by Gasteiger charge is 2.25. The Hall–Kier alpha value is -1.94. The number of nitro groups is 1. The summed E-state index contributed by atoms with van der Waals surface area (Å²) >= 11 is 3.04. The van der Waals surface area contributed by atoms with Gasteiger partial charge in [0.2, 0.25) is 0 Å². The lowest BCUT2D eigenvalue weighted by molar-refractivity contribution is -0.385. The molecular formula is C9H5BrN2O4. The van der Waals surface area contributed by atoms with E-state index in [1.54, 1.807) is 6.07 Å². The third kappa shape index (κ3) is 2.01. The lowest BCUT2D eigenvalue weighted by atomic mass is 10.0. The summed E-state index contributed by atoms with van der Waals surface area (Å²) in [6.45, 7) is 0. The zero-order chi connectivity index (χ0) is 12.3. The van der Waals surface area contributed by atoms with Gasteiger partial charge in [-0.05, 0) is 6.07 Å². The Labute approximate surface area is 98.4 Å². The Morgan fingerprint density at radius 2 is 2.25 bits per heavy atom. The van der Waals surface area contributed by atoms with E-state index < -0.39 is 22.1 Å². The van der Waals surface area contributed by atoms with Crippen LogP contribution in [0.2, 0.25) is 0 Å². The van der Waals surface area contributed by atoms with Crippen LogP contribution in [0, 0.1) is 21.4 Å². The van der Waals surface area contributed by atoms with Gasteiger partial charge in [-0.15, -0.1) is 0 Å². The largest absolute Gasteiger partial charge is 0.478 e. The first-order chi connectivity index (χ1) is 7.52. The number of benzene rings is 1. The number of carboxylic acid groups (broad SMARTS) is 1. The molecule has 1 aromatic rings. The number of halogens is 1. The summed E-state index contributed by atoms with van der Waals surface area (Å²) in [5.41, 5.74) is -0.973. The van der Waals surface area contributed by atoms with Gasteiger partial charge in [0.15, 0.2) is 0 Å². The van der Waals surface area contributed by atoms with Gasteiger partial charge in [0, 0.05) is 10.9 Å². The summed E-state index contributed by atoms with van der Waals surface area (Å²) < 4.78 is 0. The van der Waals surface area contributed by atoms with E-state index in [-0.39, 0.29) is 16.5 Å². The van der Waals surface area contributed by atoms with E-state index >= 15 is 0 Å². The second kappa shape index (κ2) is 4.72. The van der Waals surface area contributed by atoms with Crippen molar-refractivity contribution in [2.75, 3.05) is 0 Å². The van der Waals surface area contributed by atoms with Crippen LogP contribution >= 0.6 is 15.9 Å². The molecule has 0 aromatic heterocycles. The fraction of sp³-hybridized carbons (Fsp3) is 0.111. The normalized spacial score (nSPS) is 9.50. The van der Waals surface area contributed by atoms with Crippen molar-refractivity contribution >= 4 is 27.6 Å². The zero-order valence-electron chi connectivity index (χ0n) is 7.81. The first-order valence-electron chi connectivity index (χ1n) is 4.02. The summed E-state index contributed by atoms with van der Waals surface area (Å²) in [5, 5.41) is 28.5. The van der Waals surface area contributed by atoms with E-state index in [4.69, 9.17) is 10.4 Å². The minimum Gasteiger partial charge on any atom is -0.478 e. The molecule has 7 heteroatoms. The summed E-state index contributed by atoms with van der Waals surface area (Å²) in [5.74, 6) is -1.36. The first kappa shape index (κ1) is 12.1. The molecule has 0 aliphatic rings. The van der Waals surface area contributed by atoms with Crippen LogP contribution in [0.1, 0.15) is 21.5 Å². The molecule has 0 aliphatic heterocycles. The molecule has 0 atom stereocenters. The van der Waals surface area contributed by atoms with E-state index in [0.717, 1.165) is 0 Å². The highest BCUT2D eigenvalue weighted by molar-refractivity contribution is 9.08. The van der Waals surface area contributed by atoms with Crippen molar-refractivity contribution in [1.29, 1.82) is 5.26 Å². The molecule has 0 heterocycles. The zero-order valence-corrected chi connectivity index (χ0v) is 9.39. The minimum atomic E-state index is -1.36. The number of alkyl halides is 1. The van der Waals surface area contributed by atoms with Crippen LogP contribution in [-0.2, 0) is 5.33 Å². The molecule has 1 aromatic carbocycles. The van der Waals surface area contributed by atoms with Gasteiger partial charge >= 0.3 is 5.97 Å². The summed E-state index contributed by atoms with van der Waals surface area (Å²) in [4.78, 5) is 20.8. The van der Waals surface area contributed by atoms with Crippen molar-refractivity contribution in [1.82, 2.24) is 0 Å². The Kier molecular flexibility index (Phi) is 3.58. The number of nitriles is 1. The number of hydrogen-bond acceptors (Lipinski definition) is 4. The Bertz CT molecular complexity index is 507. The van der Waals surface area contributed by atoms with Crippen LogP contribution in [0.25, 0.3) is 0 Å². The highest BCUT2D eigenvalue weighted by atomic mass is 79.9. The molecule has 0 bridgehead atoms. The van der Waals surface area contributed by atoms with Gasteiger partial charge in [0.25, 0.3) is 5.69 Å². The van der Waals surface area contributed by atoms with E-state index in [1.165, 1.54) is 12.1 Å². The molecule has 0 aliphatic carbocycles. The number of carbonyl (C=O) groups is 1. The second-order valence-corrected chi connectivity index (χ2v) is 3.36. The molecule has 0 saturated heterocycles. The molecule has 82 valence electrons. The van der Waals surface area contributed by atoms with Crippen LogP contribution in [0.15, 0.2) is 12.1 Å². The van der Waals surface area contributed by atoms with Crippen molar-refractivity contribution in [2.45, 2.75) is 5.33 Å². The smallest absolute Gasteiger partial charge is 0.337 e. The van der Waals surface area contributed by atoms with Gasteiger partial charge in [-0.1, -0.05) is 22.0 Å². The molecule has 1 rings (SSSR count). The van der Waals surface area contributed by atoms with Gasteiger partial charge in [-0.2, -0.15) is 5.26 Å². The van der Waals surface area contributed by atoms with E-state index in [1.807, 2.05) is 0 Å². The molecule has 0 amide bonds. The van der Waals surface area contributed by atoms with Crippen molar-refractivity contribution in [3.05, 3.63) is 38.9 Å². The number of rotatable bonds is 3. The number of nitro benzene ring substituents is 1. The summed E-state index contributed by atoms with van der Waals surface area (Å²) in [6.07, 6.45) is 0. The van der Waals surface area contributed by atoms with Crippen LogP contribution in [0.3, 0.4) is 0 Å². The highest BCUT2D eigenvalue weighted by Crippen LogP contribution is 2.28. The molecule has 1 N–H and O–H groups in total. The molecule has 0 saturated carbocycles. The van der Waals surface area contributed by atoms with Crippen molar-refractivity contribution in [3.63, 3.8) is 0 Å². The second-order valence-electron chi connectivity index (χ2n) is 2.80. The molecule has 0 radical (unpaired) electrons. The van der Waals surface area contributed by atoms with E-state index in [0.29, 0.717) is 0 Å². The number of nitrogens with zero attached hydrogens (tertiary/aromatic N) is 2. The van der Waals surface area contributed by atoms with Crippen LogP contribution < -0.4 is 0 Å². The quantitative estimate of drug-likeness (QED) is 0.520. The van der Waals surface area contributed by atoms with Crippen molar-refractivity contribution < 1.29 is 14.8 Å². The predicted octanol–water partition coefficient (Wildman–Crippen LogP) is 2.06. The Balaban J connectivity index is 3.64. The summed E-state index contributed by atoms with van der Waals surface area (Å²) in [6, 6.07) is 4.06. The minimum absolute atomic E-state index is 0.178. The standard InChI is InChI=1S/C9H5BrN2O4/c10-3-5-1-2-6(9(13)14)7(4-11)8(5)12(15)16/h1-2H,3H2,(H,13,14). The van der Waals surface area contributed by atoms with Crippen molar-refractivity contribution in [2.24, 2.45) is 0 Å². The summed E-state index contributed by atoms with van der Waals surface area (Å²) in [7, 11) is 0. The molecule has 6 nitrogen and oxygen atoms in total. The lowest BCUT2D eigenvalue weighted by Crippen LogP contribution is -2.05. The SMILES string of the molecule is N#Cc1c(C(=O)O)ccc(CBr)c1[N+](=O)[O-]. The molecule has 0 spiro atoms. The molecule has 0 fully saturated rings. The van der Waals surface area contributed by atoms with Gasteiger partial charge in [0.05, 0.1) is 10.5 Å². The van der Waals surface area contributed by atoms with Crippen molar-refractivity contribution in [3.8, 4) is 6.07 Å². The van der Waals surface area contributed by atoms with Gasteiger partial charge in [-0.3, -0.25) is 10.1 Å². The molecule has 0 unspecified atom stereocenters. The monoisotopic (exact) mass is 284 g/mol. The average Bonchev–Trinajstić information content (AvgIpc) is 2.26. The lowest BCUT2D eigenvalue weighted by Gasteiger charge is -2.03. The van der Waals surface area contributed by atoms with E-state index in [9.17, 15) is 14.9 Å².